The van der Waals surface area contributed by atoms with Gasteiger partial charge in [-0.25, -0.2) is 16.8 Å². The van der Waals surface area contributed by atoms with Crippen LogP contribution in [0.5, 0.6) is 23.0 Å². The smallest absolute Gasteiger partial charge is 0.575 e. The third-order valence-electron chi connectivity index (χ3n) is 11.6. The minimum atomic E-state index is -3.63. The van der Waals surface area contributed by atoms with E-state index in [1.54, 1.807) is 104 Å². The van der Waals surface area contributed by atoms with Crippen molar-refractivity contribution in [1.29, 1.82) is 0 Å². The van der Waals surface area contributed by atoms with E-state index in [4.69, 9.17) is 0 Å². The standard InChI is InChI=1S/C29H25N5O4S.C27H20N5O4S.2C2H6.Cu/c1-17-8-12-22-19(14-17)10-13-26(35)28(22)33-30-21-11-9-20-15-18(2)27(29(36)23(20)16-21)32-31-24-6-4-5-7-25(24)34-39(3,37)38;1-37(35,36)32-23-9-5-4-8-22(23)29-30-24-14-11-18-10-13-19(16-21(18)27(24)34)28-31-26-20-7-3-2-6-17(20)12-15-25(26)33;2*1-2;/h4-16,34-36H,1-3H3;2-16H,1H3,(H2-,28,29,30,31,32,33,34);2*1-2H3;/q;-1;;;+1. The van der Waals surface area contributed by atoms with E-state index in [1.165, 1.54) is 6.07 Å². The van der Waals surface area contributed by atoms with Gasteiger partial charge in [0.1, 0.15) is 39.9 Å². The molecule has 21 heteroatoms. The van der Waals surface area contributed by atoms with Gasteiger partial charge >= 0.3 is 17.1 Å². The Kier molecular flexibility index (Phi) is 20.5. The number of phenols is 4. The first-order valence-corrected chi connectivity index (χ1v) is 28.8. The van der Waals surface area contributed by atoms with Crippen LogP contribution in [0.3, 0.4) is 0 Å². The van der Waals surface area contributed by atoms with E-state index in [1.807, 2.05) is 101 Å². The third-order valence-corrected chi connectivity index (χ3v) is 12.7. The molecule has 0 aliphatic carbocycles. The summed E-state index contributed by atoms with van der Waals surface area (Å²) in [5.41, 5.74) is 4.80. The van der Waals surface area contributed by atoms with Gasteiger partial charge in [-0.15, -0.1) is 31.3 Å². The molecule has 5 N–H and O–H groups in total. The van der Waals surface area contributed by atoms with Crippen LogP contribution >= 0.6 is 0 Å². The molecular formula is C60H57CuN10O8S2. The first-order valence-electron chi connectivity index (χ1n) is 25.1. The number of hydrogen-bond acceptors (Lipinski definition) is 16. The summed E-state index contributed by atoms with van der Waals surface area (Å²) in [6, 6.07) is 48.9. The molecule has 0 amide bonds. The molecule has 0 bridgehead atoms. The van der Waals surface area contributed by atoms with Crippen LogP contribution in [0.4, 0.5) is 56.9 Å². The first-order chi connectivity index (χ1) is 38.4. The number of hydrogen-bond donors (Lipinski definition) is 5. The number of fused-ring (bicyclic) bond motifs is 4. The number of aryl methyl sites for hydroxylation is 2. The summed E-state index contributed by atoms with van der Waals surface area (Å²) in [6.45, 7) is 11.8. The second-order valence-corrected chi connectivity index (χ2v) is 20.8. The Labute approximate surface area is 480 Å². The van der Waals surface area contributed by atoms with E-state index in [-0.39, 0.29) is 68.5 Å². The topological polar surface area (TPSA) is 274 Å². The maximum Gasteiger partial charge on any atom is 1.00 e. The number of rotatable bonds is 12. The second kappa shape index (κ2) is 27.2. The molecule has 0 fully saturated rings. The van der Waals surface area contributed by atoms with Crippen molar-refractivity contribution in [2.45, 2.75) is 41.5 Å². The molecule has 0 aliphatic rings. The van der Waals surface area contributed by atoms with Crippen molar-refractivity contribution in [3.63, 3.8) is 0 Å². The Morgan fingerprint density at radius 2 is 0.901 bits per heavy atom. The Balaban J connectivity index is 0.000000243. The zero-order chi connectivity index (χ0) is 57.7. The van der Waals surface area contributed by atoms with Crippen LogP contribution < -0.4 is 4.72 Å². The molecule has 0 saturated carbocycles. The van der Waals surface area contributed by atoms with Crippen LogP contribution in [0.1, 0.15) is 38.8 Å². The van der Waals surface area contributed by atoms with Crippen molar-refractivity contribution in [3.8, 4) is 23.0 Å². The molecule has 81 heavy (non-hydrogen) atoms. The zero-order valence-electron chi connectivity index (χ0n) is 45.2. The van der Waals surface area contributed by atoms with Gasteiger partial charge in [-0.3, -0.25) is 4.72 Å². The third kappa shape index (κ3) is 15.4. The fourth-order valence-corrected chi connectivity index (χ4v) is 9.14. The second-order valence-electron chi connectivity index (χ2n) is 17.5. The summed E-state index contributed by atoms with van der Waals surface area (Å²) >= 11 is 0. The molecule has 10 rings (SSSR count). The quantitative estimate of drug-likeness (QED) is 0.0578. The van der Waals surface area contributed by atoms with Gasteiger partial charge < -0.3 is 25.1 Å². The maximum absolute atomic E-state index is 11.7. The van der Waals surface area contributed by atoms with Crippen molar-refractivity contribution in [3.05, 3.63) is 186 Å². The summed E-state index contributed by atoms with van der Waals surface area (Å²) in [6.07, 6.45) is 2.05. The van der Waals surface area contributed by atoms with Crippen LogP contribution in [-0.4, -0.2) is 49.8 Å². The molecule has 0 unspecified atom stereocenters. The monoisotopic (exact) mass is 1170 g/mol. The van der Waals surface area contributed by atoms with Gasteiger partial charge in [0.15, 0.2) is 11.5 Å². The minimum absolute atomic E-state index is 0. The molecule has 0 aliphatic heterocycles. The number of sulfonamides is 2. The van der Waals surface area contributed by atoms with E-state index in [0.29, 0.717) is 44.8 Å². The van der Waals surface area contributed by atoms with E-state index in [0.717, 1.165) is 50.4 Å². The van der Waals surface area contributed by atoms with Gasteiger partial charge in [0.25, 0.3) is 0 Å². The maximum atomic E-state index is 11.7. The summed E-state index contributed by atoms with van der Waals surface area (Å²) in [4.78, 5) is 0. The minimum Gasteiger partial charge on any atom is -0.575 e. The number of nitrogens with zero attached hydrogens (tertiary/aromatic N) is 9. The van der Waals surface area contributed by atoms with Gasteiger partial charge in [0.2, 0.25) is 10.0 Å². The van der Waals surface area contributed by atoms with Gasteiger partial charge in [-0.2, -0.15) is 15.3 Å². The Bertz CT molecular complexity index is 4290. The van der Waals surface area contributed by atoms with Crippen LogP contribution in [0, 0.1) is 13.8 Å². The van der Waals surface area contributed by atoms with Crippen molar-refractivity contribution in [2.75, 3.05) is 17.2 Å². The van der Waals surface area contributed by atoms with Crippen molar-refractivity contribution in [1.82, 2.24) is 0 Å². The van der Waals surface area contributed by atoms with Gasteiger partial charge in [0.05, 0.1) is 39.0 Å². The van der Waals surface area contributed by atoms with E-state index < -0.39 is 20.0 Å². The van der Waals surface area contributed by atoms with Crippen molar-refractivity contribution >= 4 is 120 Å². The summed E-state index contributed by atoms with van der Waals surface area (Å²) in [5.74, 6) is -0.189. The van der Waals surface area contributed by atoms with Crippen molar-refractivity contribution < 1.29 is 54.3 Å². The number of azo groups is 4. The molecule has 0 spiro atoms. The largest absolute Gasteiger partial charge is 1.00 e. The molecule has 418 valence electrons. The van der Waals surface area contributed by atoms with E-state index in [9.17, 15) is 37.3 Å². The van der Waals surface area contributed by atoms with E-state index >= 15 is 0 Å². The molecule has 0 saturated heterocycles. The summed E-state index contributed by atoms with van der Waals surface area (Å²) in [7, 11) is -7.14. The number of anilines is 1. The molecule has 0 aromatic heterocycles. The summed E-state index contributed by atoms with van der Waals surface area (Å²) < 4.78 is 52.6. The molecule has 10 aromatic carbocycles. The predicted molar refractivity (Wildman–Crippen MR) is 321 cm³/mol. The number of phenolic OH excluding ortho intramolecular Hbond substituents is 4. The fraction of sp³-hybridized carbons (Fsp3) is 0.133. The molecule has 0 atom stereocenters. The summed E-state index contributed by atoms with van der Waals surface area (Å²) in [5, 5.41) is 82.5. The molecular weight excluding hydrogens is 1120 g/mol. The predicted octanol–water partition coefficient (Wildman–Crippen LogP) is 18.5. The first kappa shape index (κ1) is 61.1. The molecule has 0 radical (unpaired) electrons. The normalized spacial score (nSPS) is 11.6. The van der Waals surface area contributed by atoms with Crippen LogP contribution in [-0.2, 0) is 37.1 Å². The van der Waals surface area contributed by atoms with Gasteiger partial charge in [0, 0.05) is 27.8 Å². The van der Waals surface area contributed by atoms with Crippen LogP contribution in [0.15, 0.2) is 211 Å². The average Bonchev–Trinajstić information content (AvgIpc) is 3.44. The van der Waals surface area contributed by atoms with Crippen LogP contribution in [0.25, 0.3) is 47.8 Å². The van der Waals surface area contributed by atoms with Crippen LogP contribution in [0.2, 0.25) is 0 Å². The number of benzene rings is 10. The van der Waals surface area contributed by atoms with E-state index in [2.05, 4.69) is 50.4 Å². The van der Waals surface area contributed by atoms with Gasteiger partial charge in [-0.05, 0) is 108 Å². The van der Waals surface area contributed by atoms with Gasteiger partial charge in [-0.1, -0.05) is 136 Å². The number of para-hydroxylation sites is 1. The molecule has 0 heterocycles. The zero-order valence-corrected chi connectivity index (χ0v) is 47.8. The SMILES string of the molecule is CC.CC.CS(=O)(=O)[N-]c1ccccc1N=Nc1ccc2ccc(N=Nc3c(O)ccc4ccccc34)cc2c1O.Cc1ccc2c(N=Nc3ccc4cc(C)c(N=Nc5ccccc5NS(C)(=O)=O)c(O)c4c3)c(O)ccc2c1.[Cu+]. The average molecular weight is 1170 g/mol. The van der Waals surface area contributed by atoms with Crippen molar-refractivity contribution in [2.24, 2.45) is 40.9 Å². The Morgan fingerprint density at radius 1 is 0.420 bits per heavy atom. The fourth-order valence-electron chi connectivity index (χ4n) is 8.06. The molecule has 18 nitrogen and oxygen atoms in total. The number of nitrogens with one attached hydrogen (secondary N) is 1. The number of aromatic hydroxyl groups is 4. The molecule has 10 aromatic rings. The Hall–Kier alpha value is -9.14. The Morgan fingerprint density at radius 3 is 1.56 bits per heavy atom.